The van der Waals surface area contributed by atoms with Crippen LogP contribution in [0.4, 0.5) is 5.69 Å². The van der Waals surface area contributed by atoms with Crippen LogP contribution in [0.2, 0.25) is 0 Å². The molecule has 3 aromatic carbocycles. The number of carbonyl (C=O) groups excluding carboxylic acids is 2. The Labute approximate surface area is 212 Å². The van der Waals surface area contributed by atoms with Gasteiger partial charge in [-0.3, -0.25) is 13.9 Å². The van der Waals surface area contributed by atoms with Gasteiger partial charge in [0.25, 0.3) is 15.9 Å². The lowest BCUT2D eigenvalue weighted by molar-refractivity contribution is -0.141. The molecule has 1 amide bonds. The van der Waals surface area contributed by atoms with Crippen molar-refractivity contribution >= 4 is 49.1 Å². The summed E-state index contributed by atoms with van der Waals surface area (Å²) in [6, 6.07) is 20.7. The number of esters is 1. The van der Waals surface area contributed by atoms with Gasteiger partial charge in [0.15, 0.2) is 4.80 Å². The number of sulfonamides is 1. The number of ether oxygens (including phenoxy) is 1. The van der Waals surface area contributed by atoms with E-state index >= 15 is 0 Å². The van der Waals surface area contributed by atoms with Gasteiger partial charge in [0.1, 0.15) is 6.54 Å². The Balaban J connectivity index is 1.46. The molecule has 0 unspecified atom stereocenters. The van der Waals surface area contributed by atoms with E-state index < -0.39 is 21.9 Å². The Kier molecular flexibility index (Phi) is 6.46. The van der Waals surface area contributed by atoms with Crippen LogP contribution in [-0.2, 0) is 32.5 Å². The second-order valence-electron chi connectivity index (χ2n) is 8.27. The van der Waals surface area contributed by atoms with Crippen LogP contribution in [0.1, 0.15) is 22.3 Å². The molecule has 4 aromatic rings. The summed E-state index contributed by atoms with van der Waals surface area (Å²) in [5.74, 6) is -0.992. The maximum absolute atomic E-state index is 13.4. The normalized spacial score (nSPS) is 14.0. The van der Waals surface area contributed by atoms with Crippen molar-refractivity contribution < 1.29 is 22.7 Å². The molecular formula is C26H23N3O5S2. The van der Waals surface area contributed by atoms with E-state index in [1.165, 1.54) is 47.0 Å². The van der Waals surface area contributed by atoms with Crippen LogP contribution in [0.15, 0.2) is 82.7 Å². The van der Waals surface area contributed by atoms with Crippen LogP contribution in [0.25, 0.3) is 10.2 Å². The zero-order chi connectivity index (χ0) is 25.3. The van der Waals surface area contributed by atoms with Gasteiger partial charge < -0.3 is 9.30 Å². The summed E-state index contributed by atoms with van der Waals surface area (Å²) >= 11 is 1.28. The number of methoxy groups -OCH3 is 1. The topological polar surface area (TPSA) is 98.0 Å². The summed E-state index contributed by atoms with van der Waals surface area (Å²) < 4.78 is 35.5. The van der Waals surface area contributed by atoms with Crippen molar-refractivity contribution in [2.75, 3.05) is 18.0 Å². The van der Waals surface area contributed by atoms with Gasteiger partial charge in [0.05, 0.1) is 27.9 Å². The van der Waals surface area contributed by atoms with Crippen molar-refractivity contribution in [3.63, 3.8) is 0 Å². The van der Waals surface area contributed by atoms with Gasteiger partial charge >= 0.3 is 5.97 Å². The Morgan fingerprint density at radius 2 is 1.72 bits per heavy atom. The molecule has 0 N–H and O–H groups in total. The van der Waals surface area contributed by atoms with Crippen LogP contribution in [-0.4, -0.2) is 38.5 Å². The molecule has 1 aliphatic heterocycles. The monoisotopic (exact) mass is 521 g/mol. The zero-order valence-electron chi connectivity index (χ0n) is 19.5. The number of hydrogen-bond donors (Lipinski definition) is 0. The molecule has 1 aromatic heterocycles. The van der Waals surface area contributed by atoms with Gasteiger partial charge in [-0.1, -0.05) is 41.7 Å². The number of nitrogens with zero attached hydrogens (tertiary/aromatic N) is 3. The Morgan fingerprint density at radius 1 is 1.00 bits per heavy atom. The van der Waals surface area contributed by atoms with Crippen LogP contribution in [0.3, 0.4) is 0 Å². The van der Waals surface area contributed by atoms with Crippen molar-refractivity contribution in [2.45, 2.75) is 24.3 Å². The average molecular weight is 522 g/mol. The molecule has 0 radical (unpaired) electrons. The third-order valence-corrected chi connectivity index (χ3v) is 8.94. The Morgan fingerprint density at radius 3 is 2.50 bits per heavy atom. The number of carbonyl (C=O) groups is 2. The largest absolute Gasteiger partial charge is 0.468 e. The number of rotatable bonds is 5. The number of hydrogen-bond acceptors (Lipinski definition) is 6. The van der Waals surface area contributed by atoms with Crippen molar-refractivity contribution in [3.05, 3.63) is 88.7 Å². The van der Waals surface area contributed by atoms with E-state index in [1.807, 2.05) is 48.5 Å². The average Bonchev–Trinajstić information content (AvgIpc) is 3.24. The first kappa shape index (κ1) is 24.0. The molecule has 1 aliphatic rings. The lowest BCUT2D eigenvalue weighted by Crippen LogP contribution is -2.35. The van der Waals surface area contributed by atoms with E-state index in [0.29, 0.717) is 17.0 Å². The number of thiazole rings is 1. The van der Waals surface area contributed by atoms with E-state index in [2.05, 4.69) is 4.99 Å². The lowest BCUT2D eigenvalue weighted by Gasteiger charge is -2.30. The number of amides is 1. The second kappa shape index (κ2) is 9.71. The fourth-order valence-electron chi connectivity index (χ4n) is 4.25. The van der Waals surface area contributed by atoms with Gasteiger partial charge in [-0.05, 0) is 60.9 Å². The summed E-state index contributed by atoms with van der Waals surface area (Å²) in [5.41, 5.74) is 2.71. The van der Waals surface area contributed by atoms with Crippen molar-refractivity contribution in [1.29, 1.82) is 0 Å². The van der Waals surface area contributed by atoms with Crippen LogP contribution >= 0.6 is 11.3 Å². The van der Waals surface area contributed by atoms with Gasteiger partial charge in [0.2, 0.25) is 0 Å². The van der Waals surface area contributed by atoms with Crippen LogP contribution in [0.5, 0.6) is 0 Å². The first-order valence-corrected chi connectivity index (χ1v) is 13.6. The quantitative estimate of drug-likeness (QED) is 0.373. The molecule has 36 heavy (non-hydrogen) atoms. The lowest BCUT2D eigenvalue weighted by atomic mass is 10.0. The predicted octanol–water partition coefficient (Wildman–Crippen LogP) is 3.76. The third kappa shape index (κ3) is 4.45. The van der Waals surface area contributed by atoms with E-state index in [-0.39, 0.29) is 17.0 Å². The molecule has 0 saturated carbocycles. The van der Waals surface area contributed by atoms with Crippen molar-refractivity contribution in [2.24, 2.45) is 4.99 Å². The standard InChI is InChI=1S/C26H23N3O5S2/c1-34-24(30)17-28-22-10-4-5-11-23(22)35-26(28)27-25(31)19-12-14-20(15-13-19)36(32,33)29-16-6-8-18-7-2-3-9-21(18)29/h2-5,7,9-15H,6,8,16-17H2,1H3. The summed E-state index contributed by atoms with van der Waals surface area (Å²) in [4.78, 5) is 29.6. The molecule has 0 bridgehead atoms. The maximum Gasteiger partial charge on any atom is 0.325 e. The first-order valence-electron chi connectivity index (χ1n) is 11.3. The van der Waals surface area contributed by atoms with Gasteiger partial charge in [0, 0.05) is 12.1 Å². The molecule has 0 aliphatic carbocycles. The number of para-hydroxylation sites is 2. The Hall–Kier alpha value is -3.76. The Bertz CT molecular complexity index is 1640. The fourth-order valence-corrected chi connectivity index (χ4v) is 6.82. The minimum absolute atomic E-state index is 0.0822. The molecule has 2 heterocycles. The van der Waals surface area contributed by atoms with E-state index in [1.54, 1.807) is 4.57 Å². The molecule has 0 atom stereocenters. The zero-order valence-corrected chi connectivity index (χ0v) is 21.1. The summed E-state index contributed by atoms with van der Waals surface area (Å²) in [5, 5.41) is 0. The van der Waals surface area contributed by atoms with Crippen molar-refractivity contribution in [1.82, 2.24) is 4.57 Å². The molecule has 10 heteroatoms. The molecule has 0 saturated heterocycles. The molecule has 0 fully saturated rings. The molecule has 184 valence electrons. The van der Waals surface area contributed by atoms with E-state index in [0.717, 1.165) is 28.6 Å². The van der Waals surface area contributed by atoms with E-state index in [4.69, 9.17) is 4.74 Å². The highest BCUT2D eigenvalue weighted by Crippen LogP contribution is 2.31. The van der Waals surface area contributed by atoms with Gasteiger partial charge in [-0.15, -0.1) is 0 Å². The van der Waals surface area contributed by atoms with Crippen molar-refractivity contribution in [3.8, 4) is 0 Å². The predicted molar refractivity (Wildman–Crippen MR) is 137 cm³/mol. The molecule has 0 spiro atoms. The van der Waals surface area contributed by atoms with Crippen LogP contribution < -0.4 is 9.11 Å². The number of fused-ring (bicyclic) bond motifs is 2. The first-order chi connectivity index (χ1) is 17.4. The number of anilines is 1. The smallest absolute Gasteiger partial charge is 0.325 e. The summed E-state index contributed by atoms with van der Waals surface area (Å²) in [6.45, 7) is 0.322. The third-order valence-electron chi connectivity index (χ3n) is 6.06. The van der Waals surface area contributed by atoms with E-state index in [9.17, 15) is 18.0 Å². The SMILES string of the molecule is COC(=O)Cn1c(=NC(=O)c2ccc(S(=O)(=O)N3CCCc4ccccc43)cc2)sc2ccccc21. The molecular weight excluding hydrogens is 498 g/mol. The number of aryl methyl sites for hydroxylation is 1. The minimum Gasteiger partial charge on any atom is -0.468 e. The second-order valence-corrected chi connectivity index (χ2v) is 11.1. The summed E-state index contributed by atoms with van der Waals surface area (Å²) in [7, 11) is -2.48. The van der Waals surface area contributed by atoms with Gasteiger partial charge in [-0.25, -0.2) is 8.42 Å². The molecule has 8 nitrogen and oxygen atoms in total. The van der Waals surface area contributed by atoms with Crippen LogP contribution in [0, 0.1) is 0 Å². The summed E-state index contributed by atoms with van der Waals surface area (Å²) in [6.07, 6.45) is 1.58. The minimum atomic E-state index is -3.78. The fraction of sp³-hybridized carbons (Fsp3) is 0.192. The number of benzene rings is 3. The van der Waals surface area contributed by atoms with Gasteiger partial charge in [-0.2, -0.15) is 4.99 Å². The maximum atomic E-state index is 13.4. The highest BCUT2D eigenvalue weighted by atomic mass is 32.2. The molecule has 5 rings (SSSR count). The highest BCUT2D eigenvalue weighted by Gasteiger charge is 2.29. The number of aromatic nitrogens is 1. The highest BCUT2D eigenvalue weighted by molar-refractivity contribution is 7.92.